The molecular weight excluding hydrogens is 211 g/mol. The lowest BCUT2D eigenvalue weighted by Gasteiger charge is -2.14. The molecule has 0 aliphatic carbocycles. The van der Waals surface area contributed by atoms with Crippen molar-refractivity contribution in [2.24, 2.45) is 0 Å². The fourth-order valence-electron chi connectivity index (χ4n) is 1.01. The van der Waals surface area contributed by atoms with E-state index in [4.69, 9.17) is 10.7 Å². The molecule has 1 atom stereocenters. The molecule has 0 radical (unpaired) electrons. The van der Waals surface area contributed by atoms with Crippen LogP contribution in [0.2, 0.25) is 0 Å². The van der Waals surface area contributed by atoms with E-state index in [1.807, 2.05) is 0 Å². The molecule has 0 N–H and O–H groups in total. The Balaban J connectivity index is 2.60. The molecule has 1 fully saturated rings. The fourth-order valence-corrected chi connectivity index (χ4v) is 3.85. The lowest BCUT2D eigenvalue weighted by Crippen LogP contribution is -2.30. The normalized spacial score (nSPS) is 32.5. The van der Waals surface area contributed by atoms with Crippen molar-refractivity contribution in [3.05, 3.63) is 0 Å². The first-order valence-electron chi connectivity index (χ1n) is 3.10. The molecule has 0 aromatic carbocycles. The third-order valence-electron chi connectivity index (χ3n) is 1.49. The molecule has 66 valence electrons. The van der Waals surface area contributed by atoms with Crippen LogP contribution in [-0.2, 0) is 9.05 Å². The molecular formula is C5H8ClFO2S2. The number of rotatable bonds is 2. The Morgan fingerprint density at radius 3 is 2.64 bits per heavy atom. The van der Waals surface area contributed by atoms with Gasteiger partial charge in [0.05, 0.1) is 5.75 Å². The molecule has 6 heteroatoms. The Hall–Kier alpha value is 0.520. The van der Waals surface area contributed by atoms with E-state index < -0.39 is 20.5 Å². The van der Waals surface area contributed by atoms with Gasteiger partial charge in [0.2, 0.25) is 9.05 Å². The number of thioether (sulfide) groups is 1. The van der Waals surface area contributed by atoms with Crippen LogP contribution in [0.25, 0.3) is 0 Å². The minimum atomic E-state index is -3.68. The van der Waals surface area contributed by atoms with E-state index in [2.05, 4.69) is 0 Å². The topological polar surface area (TPSA) is 34.1 Å². The van der Waals surface area contributed by atoms with Gasteiger partial charge in [-0.05, 0) is 12.2 Å². The summed E-state index contributed by atoms with van der Waals surface area (Å²) in [5.41, 5.74) is -1.58. The molecule has 1 aliphatic rings. The van der Waals surface area contributed by atoms with Gasteiger partial charge < -0.3 is 0 Å². The first-order chi connectivity index (χ1) is 4.91. The fraction of sp³-hybridized carbons (Fsp3) is 1.00. The maximum atomic E-state index is 13.3. The number of alkyl halides is 1. The highest BCUT2D eigenvalue weighted by molar-refractivity contribution is 8.13. The number of hydrogen-bond acceptors (Lipinski definition) is 3. The predicted molar refractivity (Wildman–Crippen MR) is 45.4 cm³/mol. The van der Waals surface area contributed by atoms with E-state index in [0.29, 0.717) is 12.2 Å². The minimum Gasteiger partial charge on any atom is -0.242 e. The van der Waals surface area contributed by atoms with Gasteiger partial charge in [-0.2, -0.15) is 11.8 Å². The average Bonchev–Trinajstić information content (AvgIpc) is 2.09. The van der Waals surface area contributed by atoms with Crippen LogP contribution >= 0.6 is 22.4 Å². The van der Waals surface area contributed by atoms with Gasteiger partial charge in [-0.25, -0.2) is 12.8 Å². The monoisotopic (exact) mass is 218 g/mol. The molecule has 1 unspecified atom stereocenters. The number of halogens is 2. The summed E-state index contributed by atoms with van der Waals surface area (Å²) in [5.74, 6) is 0.385. The Morgan fingerprint density at radius 2 is 2.27 bits per heavy atom. The van der Waals surface area contributed by atoms with Gasteiger partial charge in [0.25, 0.3) is 0 Å². The predicted octanol–water partition coefficient (Wildman–Crippen LogP) is 1.40. The molecule has 1 rings (SSSR count). The summed E-state index contributed by atoms with van der Waals surface area (Å²) >= 11 is 1.42. The van der Waals surface area contributed by atoms with Crippen molar-refractivity contribution in [3.8, 4) is 0 Å². The molecule has 1 heterocycles. The molecule has 11 heavy (non-hydrogen) atoms. The second kappa shape index (κ2) is 3.11. The van der Waals surface area contributed by atoms with Crippen LogP contribution in [0.15, 0.2) is 0 Å². The van der Waals surface area contributed by atoms with Crippen molar-refractivity contribution in [1.82, 2.24) is 0 Å². The molecule has 0 bridgehead atoms. The first kappa shape index (κ1) is 9.61. The van der Waals surface area contributed by atoms with Crippen LogP contribution in [0.4, 0.5) is 4.39 Å². The van der Waals surface area contributed by atoms with E-state index >= 15 is 0 Å². The molecule has 0 saturated carbocycles. The third-order valence-corrected chi connectivity index (χ3v) is 3.89. The zero-order chi connectivity index (χ0) is 8.54. The van der Waals surface area contributed by atoms with Crippen LogP contribution in [0.3, 0.4) is 0 Å². The Morgan fingerprint density at radius 1 is 1.64 bits per heavy atom. The highest BCUT2D eigenvalue weighted by atomic mass is 35.7. The van der Waals surface area contributed by atoms with Gasteiger partial charge in [0.15, 0.2) is 0 Å². The highest BCUT2D eigenvalue weighted by Crippen LogP contribution is 2.33. The zero-order valence-corrected chi connectivity index (χ0v) is 8.11. The standard InChI is InChI=1S/C5H8ClFO2S2/c6-11(8,9)4-5(7)1-2-10-3-5/h1-4H2. The average molecular weight is 219 g/mol. The second-order valence-electron chi connectivity index (χ2n) is 2.64. The quantitative estimate of drug-likeness (QED) is 0.658. The maximum Gasteiger partial charge on any atom is 0.235 e. The van der Waals surface area contributed by atoms with Crippen LogP contribution in [0.5, 0.6) is 0 Å². The van der Waals surface area contributed by atoms with Crippen molar-refractivity contribution in [2.75, 3.05) is 17.3 Å². The number of hydrogen-bond donors (Lipinski definition) is 0. The van der Waals surface area contributed by atoms with E-state index in [1.54, 1.807) is 0 Å². The second-order valence-corrected chi connectivity index (χ2v) is 6.52. The van der Waals surface area contributed by atoms with Crippen LogP contribution in [-0.4, -0.2) is 31.3 Å². The summed E-state index contributed by atoms with van der Waals surface area (Å²) in [4.78, 5) is 0. The summed E-state index contributed by atoms with van der Waals surface area (Å²) in [6.45, 7) is 0. The first-order valence-corrected chi connectivity index (χ1v) is 6.74. The van der Waals surface area contributed by atoms with Gasteiger partial charge in [-0.3, -0.25) is 0 Å². The summed E-state index contributed by atoms with van der Waals surface area (Å²) < 4.78 is 34.3. The highest BCUT2D eigenvalue weighted by Gasteiger charge is 2.38. The SMILES string of the molecule is O=S(=O)(Cl)CC1(F)CCSC1. The Labute approximate surface area is 73.9 Å². The van der Waals surface area contributed by atoms with Crippen LogP contribution in [0.1, 0.15) is 6.42 Å². The Kier molecular flexibility index (Phi) is 2.71. The lowest BCUT2D eigenvalue weighted by molar-refractivity contribution is 0.231. The van der Waals surface area contributed by atoms with Crippen LogP contribution in [0, 0.1) is 0 Å². The smallest absolute Gasteiger partial charge is 0.235 e. The van der Waals surface area contributed by atoms with Crippen molar-refractivity contribution in [1.29, 1.82) is 0 Å². The molecule has 1 saturated heterocycles. The van der Waals surface area contributed by atoms with Gasteiger partial charge in [0.1, 0.15) is 5.67 Å². The van der Waals surface area contributed by atoms with Crippen molar-refractivity contribution >= 4 is 31.5 Å². The van der Waals surface area contributed by atoms with Crippen molar-refractivity contribution in [3.63, 3.8) is 0 Å². The molecule has 1 aliphatic heterocycles. The third kappa shape index (κ3) is 3.17. The van der Waals surface area contributed by atoms with Crippen molar-refractivity contribution < 1.29 is 12.8 Å². The largest absolute Gasteiger partial charge is 0.242 e. The maximum absolute atomic E-state index is 13.3. The van der Waals surface area contributed by atoms with Gasteiger partial charge >= 0.3 is 0 Å². The Bertz CT molecular complexity index is 233. The van der Waals surface area contributed by atoms with Crippen LogP contribution < -0.4 is 0 Å². The summed E-state index contributed by atoms with van der Waals surface area (Å²) in [6, 6.07) is 0. The molecule has 0 aromatic heterocycles. The summed E-state index contributed by atoms with van der Waals surface area (Å²) in [6.07, 6.45) is 0.295. The minimum absolute atomic E-state index is 0.249. The van der Waals surface area contributed by atoms with Gasteiger partial charge in [-0.1, -0.05) is 0 Å². The molecule has 0 aromatic rings. The van der Waals surface area contributed by atoms with Crippen molar-refractivity contribution in [2.45, 2.75) is 12.1 Å². The van der Waals surface area contributed by atoms with E-state index in [0.717, 1.165) is 0 Å². The van der Waals surface area contributed by atoms with E-state index in [-0.39, 0.29) is 5.75 Å². The summed E-state index contributed by atoms with van der Waals surface area (Å²) in [7, 11) is 1.24. The van der Waals surface area contributed by atoms with E-state index in [9.17, 15) is 12.8 Å². The van der Waals surface area contributed by atoms with E-state index in [1.165, 1.54) is 11.8 Å². The lowest BCUT2D eigenvalue weighted by atomic mass is 10.1. The summed E-state index contributed by atoms with van der Waals surface area (Å²) in [5, 5.41) is 0. The van der Waals surface area contributed by atoms with Gasteiger partial charge in [0, 0.05) is 16.4 Å². The zero-order valence-electron chi connectivity index (χ0n) is 5.72. The molecule has 2 nitrogen and oxygen atoms in total. The molecule has 0 amide bonds. The van der Waals surface area contributed by atoms with Gasteiger partial charge in [-0.15, -0.1) is 0 Å². The molecule has 0 spiro atoms.